The van der Waals surface area contributed by atoms with E-state index in [2.05, 4.69) is 209 Å². The van der Waals surface area contributed by atoms with Crippen molar-refractivity contribution in [3.05, 3.63) is 194 Å². The van der Waals surface area contributed by atoms with Crippen LogP contribution < -0.4 is 0 Å². The highest BCUT2D eigenvalue weighted by molar-refractivity contribution is 7.24. The lowest BCUT2D eigenvalue weighted by molar-refractivity contribution is 1.39. The molecule has 0 unspecified atom stereocenters. The number of hydrogen-bond acceptors (Lipinski definition) is 3. The van der Waals surface area contributed by atoms with Crippen molar-refractivity contribution in [2.75, 3.05) is 0 Å². The average Bonchev–Trinajstić information content (AvgIpc) is 4.24. The van der Waals surface area contributed by atoms with Gasteiger partial charge >= 0.3 is 0 Å². The smallest absolute Gasteiger partial charge is 0.0552 e. The van der Waals surface area contributed by atoms with Crippen LogP contribution in [0.1, 0.15) is 0 Å². The van der Waals surface area contributed by atoms with Gasteiger partial charge in [0, 0.05) is 139 Å². The molecule has 1 aliphatic heterocycles. The Morgan fingerprint density at radius 1 is 0.242 bits per heavy atom. The van der Waals surface area contributed by atoms with E-state index in [0.29, 0.717) is 0 Å². The van der Waals surface area contributed by atoms with E-state index < -0.39 is 0 Å². The van der Waals surface area contributed by atoms with Gasteiger partial charge in [-0.15, -0.1) is 34.0 Å². The third kappa shape index (κ3) is 5.23. The summed E-state index contributed by atoms with van der Waals surface area (Å²) in [6.07, 6.45) is 0. The van der Waals surface area contributed by atoms with Gasteiger partial charge in [0.2, 0.25) is 0 Å². The SMILES string of the molecule is c1ccc2c(c1)-c1ccc([nH]1)-c1ccccc1-c1cc3c(s1)c1ccccc1c1[nH]c4c5ccccc5c5sc(cc5c4c31)-c1ccccc1-c1ccc([nH]1)-c1ccccc1-c1ccc-2s1. The Labute approximate surface area is 390 Å². The number of nitrogens with one attached hydrogen (secondary N) is 3. The highest BCUT2D eigenvalue weighted by Gasteiger charge is 2.24. The molecule has 0 amide bonds. The summed E-state index contributed by atoms with van der Waals surface area (Å²) in [4.78, 5) is 16.9. The largest absolute Gasteiger partial charge is 0.355 e. The van der Waals surface area contributed by atoms with E-state index in [4.69, 9.17) is 0 Å². The van der Waals surface area contributed by atoms with Crippen LogP contribution in [0.5, 0.6) is 0 Å². The van der Waals surface area contributed by atoms with Gasteiger partial charge in [-0.25, -0.2) is 0 Å². The second kappa shape index (κ2) is 13.9. The third-order valence-corrected chi connectivity index (χ3v) is 17.3. The van der Waals surface area contributed by atoms with Crippen molar-refractivity contribution < 1.29 is 0 Å². The average molecular weight is 894 g/mol. The maximum atomic E-state index is 4.08. The first kappa shape index (κ1) is 36.6. The summed E-state index contributed by atoms with van der Waals surface area (Å²) in [5.41, 5.74) is 16.4. The highest BCUT2D eigenvalue weighted by atomic mass is 32.1. The normalized spacial score (nSPS) is 12.2. The van der Waals surface area contributed by atoms with Crippen molar-refractivity contribution in [3.8, 4) is 86.8 Å². The molecule has 0 fully saturated rings. The number of aromatic amines is 3. The molecule has 0 saturated heterocycles. The van der Waals surface area contributed by atoms with Gasteiger partial charge in [0.1, 0.15) is 0 Å². The fourth-order valence-corrected chi connectivity index (χ4v) is 14.4. The molecule has 0 radical (unpaired) electrons. The molecule has 0 aliphatic carbocycles. The summed E-state index contributed by atoms with van der Waals surface area (Å²) in [6, 6.07) is 71.9. The molecule has 308 valence electrons. The van der Waals surface area contributed by atoms with Crippen molar-refractivity contribution in [2.24, 2.45) is 0 Å². The quantitative estimate of drug-likeness (QED) is 0.136. The van der Waals surface area contributed by atoms with Crippen LogP contribution in [0.4, 0.5) is 0 Å². The molecule has 66 heavy (non-hydrogen) atoms. The van der Waals surface area contributed by atoms with E-state index in [1.807, 2.05) is 34.0 Å². The molecule has 10 bridgehead atoms. The van der Waals surface area contributed by atoms with Crippen LogP contribution in [0.15, 0.2) is 194 Å². The third-order valence-electron chi connectivity index (χ3n) is 13.8. The van der Waals surface area contributed by atoms with Crippen LogP contribution in [-0.2, 0) is 0 Å². The van der Waals surface area contributed by atoms with Gasteiger partial charge in [-0.2, -0.15) is 0 Å². The first-order valence-corrected chi connectivity index (χ1v) is 24.8. The second-order valence-corrected chi connectivity index (χ2v) is 20.5. The Balaban J connectivity index is 1.06. The van der Waals surface area contributed by atoms with Gasteiger partial charge in [-0.3, -0.25) is 0 Å². The molecule has 6 heteroatoms. The highest BCUT2D eigenvalue weighted by Crippen LogP contribution is 2.52. The number of H-pyrrole nitrogens is 3. The van der Waals surface area contributed by atoms with Crippen LogP contribution in [0.3, 0.4) is 0 Å². The maximum absolute atomic E-state index is 4.08. The zero-order valence-corrected chi connectivity index (χ0v) is 37.6. The minimum absolute atomic E-state index is 1.10. The van der Waals surface area contributed by atoms with Gasteiger partial charge in [0.15, 0.2) is 0 Å². The lowest BCUT2D eigenvalue weighted by Crippen LogP contribution is -1.86. The number of thiophene rings is 3. The van der Waals surface area contributed by atoms with Crippen LogP contribution in [0, 0.1) is 0 Å². The van der Waals surface area contributed by atoms with E-state index in [0.717, 1.165) is 22.8 Å². The fourth-order valence-electron chi connectivity index (χ4n) is 10.8. The molecule has 6 aromatic heterocycles. The molecule has 0 saturated carbocycles. The maximum Gasteiger partial charge on any atom is 0.0552 e. The predicted octanol–water partition coefficient (Wildman–Crippen LogP) is 18.4. The van der Waals surface area contributed by atoms with Gasteiger partial charge < -0.3 is 15.0 Å². The van der Waals surface area contributed by atoms with E-state index in [1.165, 1.54) is 128 Å². The molecule has 1 aliphatic rings. The van der Waals surface area contributed by atoms with Crippen molar-refractivity contribution >= 4 is 97.5 Å². The van der Waals surface area contributed by atoms with Crippen molar-refractivity contribution in [1.82, 2.24) is 15.0 Å². The summed E-state index contributed by atoms with van der Waals surface area (Å²) in [5.74, 6) is 0. The van der Waals surface area contributed by atoms with E-state index in [9.17, 15) is 0 Å². The van der Waals surface area contributed by atoms with Crippen LogP contribution in [0.2, 0.25) is 0 Å². The van der Waals surface area contributed by atoms with E-state index in [-0.39, 0.29) is 0 Å². The molecule has 3 nitrogen and oxygen atoms in total. The molecule has 15 rings (SSSR count). The molecule has 3 N–H and O–H groups in total. The summed E-state index contributed by atoms with van der Waals surface area (Å²) in [5, 5.41) is 10.2. The summed E-state index contributed by atoms with van der Waals surface area (Å²) in [6.45, 7) is 0. The molecule has 0 atom stereocenters. The topological polar surface area (TPSA) is 47.4 Å². The standard InChI is InChI=1S/C60H35N3S3/c1-5-17-37-33(13-1)47-25-27-49(61-47)35-15-3-7-19-39(35)53-31-45-55-56-46-32-54(66-60(46)44-24-12-10-22-42(44)58(56)63-57(55)41-21-9-11-23-43(41)59(45)65-53)40-20-8-4-16-36(40)50-28-26-48(62-50)34-14-2-6-18-38(34)52-30-29-51(37)64-52/h1-32,61-63H. The monoisotopic (exact) mass is 893 g/mol. The molecule has 7 heterocycles. The van der Waals surface area contributed by atoms with Gasteiger partial charge in [-0.1, -0.05) is 146 Å². The van der Waals surface area contributed by atoms with Crippen LogP contribution >= 0.6 is 34.0 Å². The van der Waals surface area contributed by atoms with Crippen LogP contribution in [0.25, 0.3) is 150 Å². The number of benzene rings is 8. The van der Waals surface area contributed by atoms with Gasteiger partial charge in [0.05, 0.1) is 11.0 Å². The first-order valence-electron chi connectivity index (χ1n) is 22.3. The van der Waals surface area contributed by atoms with Gasteiger partial charge in [-0.05, 0) is 48.5 Å². The fraction of sp³-hybridized carbons (Fsp3) is 0. The number of hydrogen-bond donors (Lipinski definition) is 3. The zero-order chi connectivity index (χ0) is 43.0. The minimum atomic E-state index is 1.10. The molecule has 14 aromatic rings. The molecular formula is C60H35N3S3. The molecule has 8 aromatic carbocycles. The van der Waals surface area contributed by atoms with Crippen molar-refractivity contribution in [1.29, 1.82) is 0 Å². The Bertz CT molecular complexity index is 4040. The number of aromatic nitrogens is 3. The zero-order valence-electron chi connectivity index (χ0n) is 35.2. The molecular weight excluding hydrogens is 859 g/mol. The predicted molar refractivity (Wildman–Crippen MR) is 285 cm³/mol. The number of rotatable bonds is 0. The van der Waals surface area contributed by atoms with E-state index >= 15 is 0 Å². The Hall–Kier alpha value is -7.74. The lowest BCUT2D eigenvalue weighted by Gasteiger charge is -2.09. The summed E-state index contributed by atoms with van der Waals surface area (Å²) in [7, 11) is 0. The van der Waals surface area contributed by atoms with Crippen molar-refractivity contribution in [3.63, 3.8) is 0 Å². The second-order valence-electron chi connectivity index (χ2n) is 17.3. The lowest BCUT2D eigenvalue weighted by atomic mass is 9.97. The summed E-state index contributed by atoms with van der Waals surface area (Å²) >= 11 is 5.66. The Kier molecular flexibility index (Phi) is 7.69. The number of fused-ring (bicyclic) bond motifs is 26. The molecule has 0 spiro atoms. The van der Waals surface area contributed by atoms with Gasteiger partial charge in [0.25, 0.3) is 0 Å². The first-order chi connectivity index (χ1) is 32.7. The van der Waals surface area contributed by atoms with E-state index in [1.54, 1.807) is 0 Å². The Morgan fingerprint density at radius 2 is 0.561 bits per heavy atom. The minimum Gasteiger partial charge on any atom is -0.355 e. The van der Waals surface area contributed by atoms with Crippen molar-refractivity contribution in [2.45, 2.75) is 0 Å². The van der Waals surface area contributed by atoms with Crippen LogP contribution in [-0.4, -0.2) is 15.0 Å². The summed E-state index contributed by atoms with van der Waals surface area (Å²) < 4.78 is 2.63. The Morgan fingerprint density at radius 3 is 0.939 bits per heavy atom.